The molecular formula is C10H10F2O2. The van der Waals surface area contributed by atoms with Crippen LogP contribution in [0.25, 0.3) is 0 Å². The lowest BCUT2D eigenvalue weighted by Gasteiger charge is -2.13. The van der Waals surface area contributed by atoms with Crippen molar-refractivity contribution in [3.8, 4) is 0 Å². The van der Waals surface area contributed by atoms with E-state index in [-0.39, 0.29) is 16.9 Å². The average Bonchev–Trinajstić information content (AvgIpc) is 2.16. The van der Waals surface area contributed by atoms with Crippen LogP contribution >= 0.6 is 0 Å². The number of ether oxygens (including phenoxy) is 2. The van der Waals surface area contributed by atoms with Gasteiger partial charge in [-0.15, -0.1) is 8.78 Å². The van der Waals surface area contributed by atoms with Crippen LogP contribution in [0.15, 0.2) is 35.8 Å². The summed E-state index contributed by atoms with van der Waals surface area (Å²) in [5.41, 5.74) is -0.308. The second-order valence-electron chi connectivity index (χ2n) is 3.89. The summed E-state index contributed by atoms with van der Waals surface area (Å²) in [7, 11) is 0. The van der Waals surface area contributed by atoms with Gasteiger partial charge in [0.15, 0.2) is 11.5 Å². The number of alkyl halides is 2. The number of allylic oxidation sites excluding steroid dienone is 4. The monoisotopic (exact) mass is 200 g/mol. The number of hydrogen-bond acceptors (Lipinski definition) is 2. The van der Waals surface area contributed by atoms with Crippen LogP contribution in [-0.2, 0) is 9.47 Å². The fourth-order valence-corrected chi connectivity index (χ4v) is 1.36. The number of halogens is 2. The van der Waals surface area contributed by atoms with Gasteiger partial charge >= 0.3 is 6.29 Å². The van der Waals surface area contributed by atoms with Crippen molar-refractivity contribution >= 4 is 0 Å². The molecule has 4 heteroatoms. The van der Waals surface area contributed by atoms with Crippen molar-refractivity contribution in [2.24, 2.45) is 5.41 Å². The average molecular weight is 200 g/mol. The molecule has 2 rings (SSSR count). The molecule has 0 spiro atoms. The first-order valence-electron chi connectivity index (χ1n) is 4.27. The van der Waals surface area contributed by atoms with Crippen molar-refractivity contribution in [3.05, 3.63) is 35.8 Å². The standard InChI is InChI=1S/C10H10F2O2/c1-9(2)5-3-4-7-8(6-9)14-10(11,12)13-7/h3-6H,1-2H3. The minimum atomic E-state index is -3.53. The van der Waals surface area contributed by atoms with Gasteiger partial charge in [0.1, 0.15) is 0 Å². The SMILES string of the molecule is CC1(C)C=CC=C2OC(F)(F)OC2=C1. The lowest BCUT2D eigenvalue weighted by atomic mass is 9.93. The molecule has 1 saturated heterocycles. The van der Waals surface area contributed by atoms with Gasteiger partial charge in [-0.05, 0) is 12.2 Å². The summed E-state index contributed by atoms with van der Waals surface area (Å²) >= 11 is 0. The molecule has 0 N–H and O–H groups in total. The maximum atomic E-state index is 12.7. The lowest BCUT2D eigenvalue weighted by molar-refractivity contribution is -0.326. The van der Waals surface area contributed by atoms with Gasteiger partial charge in [-0.1, -0.05) is 26.0 Å². The molecule has 1 aliphatic heterocycles. The van der Waals surface area contributed by atoms with Crippen LogP contribution < -0.4 is 0 Å². The molecule has 0 atom stereocenters. The molecule has 0 amide bonds. The highest BCUT2D eigenvalue weighted by Gasteiger charge is 2.46. The van der Waals surface area contributed by atoms with Gasteiger partial charge in [-0.2, -0.15) is 0 Å². The van der Waals surface area contributed by atoms with Crippen LogP contribution in [0.2, 0.25) is 0 Å². The molecule has 0 bridgehead atoms. The molecule has 0 radical (unpaired) electrons. The summed E-state index contributed by atoms with van der Waals surface area (Å²) in [4.78, 5) is 0. The van der Waals surface area contributed by atoms with Crippen molar-refractivity contribution in [1.29, 1.82) is 0 Å². The van der Waals surface area contributed by atoms with E-state index in [0.717, 1.165) is 0 Å². The summed E-state index contributed by atoms with van der Waals surface area (Å²) in [5.74, 6) is 0.182. The van der Waals surface area contributed by atoms with Crippen molar-refractivity contribution in [3.63, 3.8) is 0 Å². The molecule has 0 saturated carbocycles. The lowest BCUT2D eigenvalue weighted by Crippen LogP contribution is -2.14. The van der Waals surface area contributed by atoms with Crippen LogP contribution in [0, 0.1) is 5.41 Å². The minimum absolute atomic E-state index is 0.0804. The Morgan fingerprint density at radius 2 is 1.79 bits per heavy atom. The first-order valence-corrected chi connectivity index (χ1v) is 4.27. The van der Waals surface area contributed by atoms with E-state index in [2.05, 4.69) is 9.47 Å². The van der Waals surface area contributed by atoms with E-state index in [0.29, 0.717) is 0 Å². The van der Waals surface area contributed by atoms with Gasteiger partial charge in [0.2, 0.25) is 0 Å². The summed E-state index contributed by atoms with van der Waals surface area (Å²) in [6.45, 7) is 3.79. The van der Waals surface area contributed by atoms with Crippen LogP contribution in [-0.4, -0.2) is 6.29 Å². The molecule has 1 heterocycles. The van der Waals surface area contributed by atoms with Gasteiger partial charge in [-0.3, -0.25) is 0 Å². The molecule has 0 aromatic rings. The molecule has 2 nitrogen and oxygen atoms in total. The molecule has 0 aromatic carbocycles. The first-order chi connectivity index (χ1) is 6.38. The number of fused-ring (bicyclic) bond motifs is 1. The van der Waals surface area contributed by atoms with E-state index in [1.54, 1.807) is 12.2 Å². The van der Waals surface area contributed by atoms with Crippen molar-refractivity contribution in [1.82, 2.24) is 0 Å². The Labute approximate surface area is 80.5 Å². The molecule has 2 aliphatic rings. The van der Waals surface area contributed by atoms with Crippen molar-refractivity contribution in [2.75, 3.05) is 0 Å². The second kappa shape index (κ2) is 2.59. The Morgan fingerprint density at radius 3 is 2.50 bits per heavy atom. The summed E-state index contributed by atoms with van der Waals surface area (Å²) < 4.78 is 34.0. The normalized spacial score (nSPS) is 26.6. The third-order valence-corrected chi connectivity index (χ3v) is 1.98. The zero-order valence-electron chi connectivity index (χ0n) is 7.88. The Bertz CT molecular complexity index is 351. The molecule has 76 valence electrons. The Morgan fingerprint density at radius 1 is 1.14 bits per heavy atom. The van der Waals surface area contributed by atoms with Crippen LogP contribution in [0.4, 0.5) is 8.78 Å². The maximum Gasteiger partial charge on any atom is 0.586 e. The van der Waals surface area contributed by atoms with E-state index >= 15 is 0 Å². The zero-order valence-corrected chi connectivity index (χ0v) is 7.88. The van der Waals surface area contributed by atoms with Crippen molar-refractivity contribution < 1.29 is 18.3 Å². The highest BCUT2D eigenvalue weighted by atomic mass is 19.3. The summed E-state index contributed by atoms with van der Waals surface area (Å²) in [6.07, 6.45) is 3.13. The van der Waals surface area contributed by atoms with Gasteiger partial charge < -0.3 is 9.47 Å². The largest absolute Gasteiger partial charge is 0.586 e. The van der Waals surface area contributed by atoms with Gasteiger partial charge in [0.05, 0.1) is 0 Å². The smallest absolute Gasteiger partial charge is 0.396 e. The maximum absolute atomic E-state index is 12.7. The minimum Gasteiger partial charge on any atom is -0.396 e. The third kappa shape index (κ3) is 1.64. The van der Waals surface area contributed by atoms with Gasteiger partial charge in [0.25, 0.3) is 0 Å². The number of hydrogen-bond donors (Lipinski definition) is 0. The summed E-state index contributed by atoms with van der Waals surface area (Å²) in [6, 6.07) is 0. The fraction of sp³-hybridized carbons (Fsp3) is 0.400. The fourth-order valence-electron chi connectivity index (χ4n) is 1.36. The zero-order chi connectivity index (χ0) is 10.4. The second-order valence-corrected chi connectivity index (χ2v) is 3.89. The highest BCUT2D eigenvalue weighted by Crippen LogP contribution is 2.40. The Balaban J connectivity index is 2.40. The molecule has 0 aromatic heterocycles. The highest BCUT2D eigenvalue weighted by molar-refractivity contribution is 5.33. The quantitative estimate of drug-likeness (QED) is 0.598. The van der Waals surface area contributed by atoms with Crippen LogP contribution in [0.1, 0.15) is 13.8 Å². The van der Waals surface area contributed by atoms with E-state index in [9.17, 15) is 8.78 Å². The van der Waals surface area contributed by atoms with E-state index in [4.69, 9.17) is 0 Å². The molecule has 14 heavy (non-hydrogen) atoms. The molecule has 1 fully saturated rings. The van der Waals surface area contributed by atoms with E-state index < -0.39 is 6.29 Å². The molecule has 1 aliphatic carbocycles. The Hall–Kier alpha value is -1.32. The van der Waals surface area contributed by atoms with E-state index in [1.807, 2.05) is 19.9 Å². The molecule has 0 unspecified atom stereocenters. The number of rotatable bonds is 0. The predicted molar refractivity (Wildman–Crippen MR) is 46.2 cm³/mol. The Kier molecular flexibility index (Phi) is 1.71. The first kappa shape index (κ1) is 9.24. The topological polar surface area (TPSA) is 18.5 Å². The predicted octanol–water partition coefficient (Wildman–Crippen LogP) is 2.95. The van der Waals surface area contributed by atoms with Gasteiger partial charge in [0, 0.05) is 5.41 Å². The van der Waals surface area contributed by atoms with Gasteiger partial charge in [-0.25, -0.2) is 0 Å². The van der Waals surface area contributed by atoms with Crippen molar-refractivity contribution in [2.45, 2.75) is 20.1 Å². The summed E-state index contributed by atoms with van der Waals surface area (Å²) in [5, 5.41) is 0. The van der Waals surface area contributed by atoms with E-state index in [1.165, 1.54) is 6.08 Å². The molecular weight excluding hydrogens is 190 g/mol. The van der Waals surface area contributed by atoms with Crippen LogP contribution in [0.3, 0.4) is 0 Å². The van der Waals surface area contributed by atoms with Crippen LogP contribution in [0.5, 0.6) is 0 Å². The third-order valence-electron chi connectivity index (χ3n) is 1.98.